The Morgan fingerprint density at radius 2 is 1.71 bits per heavy atom. The third-order valence-electron chi connectivity index (χ3n) is 4.12. The lowest BCUT2D eigenvalue weighted by atomic mass is 10.1. The monoisotopic (exact) mass is 407 g/mol. The number of nitrogens with one attached hydrogen (secondary N) is 1. The molecule has 152 valence electrons. The summed E-state index contributed by atoms with van der Waals surface area (Å²) in [5.74, 6) is 0.859. The fourth-order valence-corrected chi connectivity index (χ4v) is 3.15. The van der Waals surface area contributed by atoms with Crippen molar-refractivity contribution in [3.05, 3.63) is 53.6 Å². The highest BCUT2D eigenvalue weighted by Gasteiger charge is 2.15. The molecule has 0 bridgehead atoms. The number of carbonyl (C=O) groups is 1. The van der Waals surface area contributed by atoms with Crippen molar-refractivity contribution in [3.63, 3.8) is 0 Å². The van der Waals surface area contributed by atoms with Gasteiger partial charge in [-0.1, -0.05) is 6.07 Å². The number of carbonyl (C=O) groups excluding carboxylic acids is 1. The summed E-state index contributed by atoms with van der Waals surface area (Å²) in [4.78, 5) is 12.6. The normalized spacial score (nSPS) is 12.3. The molecule has 8 heteroatoms. The molecule has 1 amide bonds. The van der Waals surface area contributed by atoms with Gasteiger partial charge in [-0.15, -0.1) is 0 Å². The molecule has 28 heavy (non-hydrogen) atoms. The molecule has 0 saturated heterocycles. The minimum atomic E-state index is -3.30. The predicted molar refractivity (Wildman–Crippen MR) is 106 cm³/mol. The zero-order chi connectivity index (χ0) is 20.7. The fraction of sp³-hybridized carbons (Fsp3) is 0.350. The van der Waals surface area contributed by atoms with Crippen LogP contribution in [0.1, 0.15) is 28.9 Å². The van der Waals surface area contributed by atoms with Crippen molar-refractivity contribution in [2.75, 3.05) is 33.7 Å². The number of methoxy groups -OCH3 is 2. The molecule has 0 spiro atoms. The van der Waals surface area contributed by atoms with E-state index in [9.17, 15) is 13.2 Å². The molecule has 1 atom stereocenters. The molecule has 7 nitrogen and oxygen atoms in total. The quantitative estimate of drug-likeness (QED) is 0.643. The van der Waals surface area contributed by atoms with Crippen LogP contribution < -0.4 is 14.8 Å². The minimum Gasteiger partial charge on any atom is -0.493 e. The molecule has 0 fully saturated rings. The molecular formula is C20H25NO6S. The van der Waals surface area contributed by atoms with Crippen molar-refractivity contribution in [3.8, 4) is 11.5 Å². The van der Waals surface area contributed by atoms with Gasteiger partial charge in [-0.2, -0.15) is 0 Å². The third-order valence-corrected chi connectivity index (χ3v) is 5.25. The average Bonchev–Trinajstić information content (AvgIpc) is 2.67. The van der Waals surface area contributed by atoms with Crippen LogP contribution in [0.25, 0.3) is 0 Å². The van der Waals surface area contributed by atoms with E-state index < -0.39 is 9.84 Å². The summed E-state index contributed by atoms with van der Waals surface area (Å²) in [5, 5.41) is 2.89. The van der Waals surface area contributed by atoms with Crippen LogP contribution in [0.3, 0.4) is 0 Å². The van der Waals surface area contributed by atoms with E-state index in [1.54, 1.807) is 26.4 Å². The topological polar surface area (TPSA) is 90.9 Å². The van der Waals surface area contributed by atoms with E-state index in [-0.39, 0.29) is 16.8 Å². The maximum absolute atomic E-state index is 12.5. The zero-order valence-electron chi connectivity index (χ0n) is 16.4. The van der Waals surface area contributed by atoms with Gasteiger partial charge in [-0.05, 0) is 48.9 Å². The van der Waals surface area contributed by atoms with E-state index in [1.807, 2.05) is 13.0 Å². The molecule has 0 aliphatic rings. The van der Waals surface area contributed by atoms with Crippen molar-refractivity contribution >= 4 is 15.7 Å². The Kier molecular flexibility index (Phi) is 7.42. The molecule has 2 rings (SSSR count). The van der Waals surface area contributed by atoms with Gasteiger partial charge in [0.1, 0.15) is 6.61 Å². The van der Waals surface area contributed by atoms with Gasteiger partial charge in [0.05, 0.1) is 24.7 Å². The van der Waals surface area contributed by atoms with Gasteiger partial charge in [0, 0.05) is 18.9 Å². The van der Waals surface area contributed by atoms with Crippen LogP contribution in [0.5, 0.6) is 11.5 Å². The van der Waals surface area contributed by atoms with Crippen LogP contribution in [0.4, 0.5) is 0 Å². The van der Waals surface area contributed by atoms with Crippen molar-refractivity contribution < 1.29 is 27.4 Å². The summed E-state index contributed by atoms with van der Waals surface area (Å²) in [6, 6.07) is 11.0. The molecule has 0 radical (unpaired) electrons. The number of amides is 1. The van der Waals surface area contributed by atoms with Crippen LogP contribution in [-0.2, 0) is 14.6 Å². The van der Waals surface area contributed by atoms with Crippen LogP contribution in [0, 0.1) is 0 Å². The van der Waals surface area contributed by atoms with Crippen molar-refractivity contribution in [1.82, 2.24) is 5.32 Å². The lowest BCUT2D eigenvalue weighted by molar-refractivity contribution is 0.0939. The largest absolute Gasteiger partial charge is 0.493 e. The smallest absolute Gasteiger partial charge is 0.251 e. The van der Waals surface area contributed by atoms with Gasteiger partial charge in [0.15, 0.2) is 21.3 Å². The molecule has 0 unspecified atom stereocenters. The number of ether oxygens (including phenoxy) is 3. The van der Waals surface area contributed by atoms with Gasteiger partial charge in [0.25, 0.3) is 5.91 Å². The van der Waals surface area contributed by atoms with Gasteiger partial charge in [-0.25, -0.2) is 8.42 Å². The Hall–Kier alpha value is -2.58. The van der Waals surface area contributed by atoms with E-state index in [2.05, 4.69) is 5.32 Å². The SMILES string of the molecule is COCCOc1ccc([C@H](C)NC(=O)c2ccc(S(C)(=O)=O)cc2)cc1OC. The highest BCUT2D eigenvalue weighted by atomic mass is 32.2. The third kappa shape index (κ3) is 5.71. The number of rotatable bonds is 9. The van der Waals surface area contributed by atoms with E-state index >= 15 is 0 Å². The predicted octanol–water partition coefficient (Wildman–Crippen LogP) is 2.61. The van der Waals surface area contributed by atoms with Crippen LogP contribution in [0.2, 0.25) is 0 Å². The fourth-order valence-electron chi connectivity index (χ4n) is 2.52. The minimum absolute atomic E-state index is 0.172. The van der Waals surface area contributed by atoms with Crippen molar-refractivity contribution in [2.45, 2.75) is 17.9 Å². The molecule has 0 saturated carbocycles. The summed E-state index contributed by atoms with van der Waals surface area (Å²) in [6.45, 7) is 2.72. The maximum atomic E-state index is 12.5. The van der Waals surface area contributed by atoms with E-state index in [4.69, 9.17) is 14.2 Å². The number of sulfone groups is 1. The number of hydrogen-bond acceptors (Lipinski definition) is 6. The second kappa shape index (κ2) is 9.57. The Morgan fingerprint density at radius 1 is 1.04 bits per heavy atom. The zero-order valence-corrected chi connectivity index (χ0v) is 17.2. The Morgan fingerprint density at radius 3 is 2.29 bits per heavy atom. The van der Waals surface area contributed by atoms with Crippen molar-refractivity contribution in [1.29, 1.82) is 0 Å². The first-order valence-electron chi connectivity index (χ1n) is 8.67. The van der Waals surface area contributed by atoms with Crippen LogP contribution in [0.15, 0.2) is 47.4 Å². The van der Waals surface area contributed by atoms with E-state index in [0.717, 1.165) is 11.8 Å². The molecule has 0 heterocycles. The summed E-state index contributed by atoms with van der Waals surface area (Å²) >= 11 is 0. The van der Waals surface area contributed by atoms with Crippen molar-refractivity contribution in [2.24, 2.45) is 0 Å². The Labute approximate surface area is 165 Å². The highest BCUT2D eigenvalue weighted by molar-refractivity contribution is 7.90. The average molecular weight is 407 g/mol. The first kappa shape index (κ1) is 21.7. The Balaban J connectivity index is 2.09. The molecular weight excluding hydrogens is 382 g/mol. The molecule has 0 aromatic heterocycles. The number of benzene rings is 2. The standard InChI is InChI=1S/C20H25NO6S/c1-14(16-7-10-18(19(13-16)26-3)27-12-11-25-2)21-20(22)15-5-8-17(9-6-15)28(4,23)24/h5-10,13-14H,11-12H2,1-4H3,(H,21,22)/t14-/m0/s1. The molecule has 2 aromatic carbocycles. The lowest BCUT2D eigenvalue weighted by Crippen LogP contribution is -2.26. The molecule has 0 aliphatic heterocycles. The second-order valence-electron chi connectivity index (χ2n) is 6.24. The van der Waals surface area contributed by atoms with Gasteiger partial charge < -0.3 is 19.5 Å². The highest BCUT2D eigenvalue weighted by Crippen LogP contribution is 2.30. The summed E-state index contributed by atoms with van der Waals surface area (Å²) in [6.07, 6.45) is 1.13. The molecule has 2 aromatic rings. The lowest BCUT2D eigenvalue weighted by Gasteiger charge is -2.17. The second-order valence-corrected chi connectivity index (χ2v) is 8.26. The summed E-state index contributed by atoms with van der Waals surface area (Å²) in [7, 11) is -0.147. The molecule has 1 N–H and O–H groups in total. The summed E-state index contributed by atoms with van der Waals surface area (Å²) < 4.78 is 39.0. The first-order chi connectivity index (χ1) is 13.3. The van der Waals surface area contributed by atoms with Crippen LogP contribution in [-0.4, -0.2) is 48.0 Å². The van der Waals surface area contributed by atoms with Gasteiger partial charge >= 0.3 is 0 Å². The maximum Gasteiger partial charge on any atom is 0.251 e. The van der Waals surface area contributed by atoms with E-state index in [0.29, 0.717) is 30.3 Å². The molecule has 0 aliphatic carbocycles. The first-order valence-corrected chi connectivity index (χ1v) is 10.6. The summed E-state index contributed by atoms with van der Waals surface area (Å²) in [5.41, 5.74) is 1.22. The Bertz CT molecular complexity index is 909. The van der Waals surface area contributed by atoms with Gasteiger partial charge in [-0.3, -0.25) is 4.79 Å². The van der Waals surface area contributed by atoms with E-state index in [1.165, 1.54) is 24.3 Å². The van der Waals surface area contributed by atoms with Gasteiger partial charge in [0.2, 0.25) is 0 Å². The number of hydrogen-bond donors (Lipinski definition) is 1. The van der Waals surface area contributed by atoms with Crippen LogP contribution >= 0.6 is 0 Å².